The predicted octanol–water partition coefficient (Wildman–Crippen LogP) is 3.73. The van der Waals surface area contributed by atoms with Gasteiger partial charge in [-0.1, -0.05) is 42.5 Å². The zero-order chi connectivity index (χ0) is 10.5. The number of aliphatic imine (C=N–C) groups is 1. The Kier molecular flexibility index (Phi) is 3.13. The van der Waals surface area contributed by atoms with Gasteiger partial charge in [0.15, 0.2) is 0 Å². The van der Waals surface area contributed by atoms with E-state index in [1.807, 2.05) is 18.2 Å². The molecule has 0 bridgehead atoms. The second-order valence-electron chi connectivity index (χ2n) is 3.67. The molecule has 1 nitrogen and oxygen atoms in total. The summed E-state index contributed by atoms with van der Waals surface area (Å²) in [6.45, 7) is 2.05. The van der Waals surface area contributed by atoms with E-state index in [9.17, 15) is 0 Å². The summed E-state index contributed by atoms with van der Waals surface area (Å²) in [5, 5.41) is 0. The Morgan fingerprint density at radius 2 is 1.93 bits per heavy atom. The van der Waals surface area contributed by atoms with Gasteiger partial charge in [-0.15, -0.1) is 0 Å². The minimum atomic E-state index is 1.08. The molecule has 2 rings (SSSR count). The molecule has 15 heavy (non-hydrogen) atoms. The van der Waals surface area contributed by atoms with E-state index in [4.69, 9.17) is 0 Å². The SMILES string of the molecule is CC(=NC1=CCCC=C1)c1ccccc1. The summed E-state index contributed by atoms with van der Waals surface area (Å²) in [6.07, 6.45) is 8.71. The molecule has 0 saturated carbocycles. The van der Waals surface area contributed by atoms with Crippen molar-refractivity contribution in [1.29, 1.82) is 0 Å². The van der Waals surface area contributed by atoms with Gasteiger partial charge in [0.1, 0.15) is 0 Å². The number of benzene rings is 1. The first kappa shape index (κ1) is 9.91. The molecule has 0 unspecified atom stereocenters. The smallest absolute Gasteiger partial charge is 0.0590 e. The quantitative estimate of drug-likeness (QED) is 0.640. The summed E-state index contributed by atoms with van der Waals surface area (Å²) >= 11 is 0. The molecule has 1 aliphatic carbocycles. The third kappa shape index (κ3) is 2.66. The van der Waals surface area contributed by atoms with Crippen LogP contribution in [-0.4, -0.2) is 5.71 Å². The Morgan fingerprint density at radius 1 is 1.13 bits per heavy atom. The third-order valence-corrected chi connectivity index (χ3v) is 2.46. The maximum atomic E-state index is 4.60. The molecule has 76 valence electrons. The number of rotatable bonds is 2. The fraction of sp³-hybridized carbons (Fsp3) is 0.214. The molecule has 0 radical (unpaired) electrons. The van der Waals surface area contributed by atoms with Gasteiger partial charge in [0.2, 0.25) is 0 Å². The Hall–Kier alpha value is -1.63. The van der Waals surface area contributed by atoms with Crippen molar-refractivity contribution in [3.8, 4) is 0 Å². The largest absolute Gasteiger partial charge is 0.253 e. The van der Waals surface area contributed by atoms with Gasteiger partial charge in [-0.3, -0.25) is 4.99 Å². The Labute approximate surface area is 90.9 Å². The molecule has 0 amide bonds. The molecule has 1 aromatic carbocycles. The lowest BCUT2D eigenvalue weighted by molar-refractivity contribution is 1.01. The standard InChI is InChI=1S/C14H15N/c1-12(13-8-4-2-5-9-13)15-14-10-6-3-7-11-14/h2,4-6,8-11H,3,7H2,1H3. The van der Waals surface area contributed by atoms with Crippen molar-refractivity contribution in [1.82, 2.24) is 0 Å². The second-order valence-corrected chi connectivity index (χ2v) is 3.67. The predicted molar refractivity (Wildman–Crippen MR) is 65.1 cm³/mol. The van der Waals surface area contributed by atoms with Crippen molar-refractivity contribution >= 4 is 5.71 Å². The molecular formula is C14H15N. The Bertz CT molecular complexity index is 410. The van der Waals surface area contributed by atoms with Crippen molar-refractivity contribution in [3.05, 3.63) is 59.8 Å². The molecule has 0 fully saturated rings. The van der Waals surface area contributed by atoms with Gasteiger partial charge in [-0.05, 0) is 31.4 Å². The van der Waals surface area contributed by atoms with Gasteiger partial charge in [0, 0.05) is 5.71 Å². The van der Waals surface area contributed by atoms with Crippen LogP contribution in [0.15, 0.2) is 59.2 Å². The first-order chi connectivity index (χ1) is 7.36. The maximum absolute atomic E-state index is 4.60. The van der Waals surface area contributed by atoms with Gasteiger partial charge in [-0.25, -0.2) is 0 Å². The van der Waals surface area contributed by atoms with Gasteiger partial charge in [0.05, 0.1) is 5.70 Å². The molecule has 0 saturated heterocycles. The van der Waals surface area contributed by atoms with Crippen LogP contribution in [0.5, 0.6) is 0 Å². The molecule has 0 heterocycles. The summed E-state index contributed by atoms with van der Waals surface area (Å²) in [5.74, 6) is 0. The molecular weight excluding hydrogens is 182 g/mol. The van der Waals surface area contributed by atoms with E-state index < -0.39 is 0 Å². The number of hydrogen-bond acceptors (Lipinski definition) is 1. The summed E-state index contributed by atoms with van der Waals surface area (Å²) in [5.41, 5.74) is 3.35. The van der Waals surface area contributed by atoms with Crippen molar-refractivity contribution in [2.45, 2.75) is 19.8 Å². The zero-order valence-corrected chi connectivity index (χ0v) is 8.98. The molecule has 1 heteroatoms. The monoisotopic (exact) mass is 197 g/mol. The lowest BCUT2D eigenvalue weighted by Gasteiger charge is -2.04. The van der Waals surface area contributed by atoms with E-state index in [0.29, 0.717) is 0 Å². The lowest BCUT2D eigenvalue weighted by atomic mass is 10.1. The van der Waals surface area contributed by atoms with Crippen LogP contribution in [0.2, 0.25) is 0 Å². The van der Waals surface area contributed by atoms with E-state index >= 15 is 0 Å². The van der Waals surface area contributed by atoms with Crippen molar-refractivity contribution < 1.29 is 0 Å². The number of nitrogens with zero attached hydrogens (tertiary/aromatic N) is 1. The minimum Gasteiger partial charge on any atom is -0.253 e. The average molecular weight is 197 g/mol. The highest BCUT2D eigenvalue weighted by Crippen LogP contribution is 2.12. The maximum Gasteiger partial charge on any atom is 0.0590 e. The van der Waals surface area contributed by atoms with Gasteiger partial charge < -0.3 is 0 Å². The fourth-order valence-electron chi connectivity index (χ4n) is 1.62. The molecule has 0 spiro atoms. The lowest BCUT2D eigenvalue weighted by Crippen LogP contribution is -1.95. The molecule has 0 N–H and O–H groups in total. The summed E-state index contributed by atoms with van der Waals surface area (Å²) in [6, 6.07) is 10.3. The number of allylic oxidation sites excluding steroid dienone is 3. The Morgan fingerprint density at radius 3 is 2.60 bits per heavy atom. The summed E-state index contributed by atoms with van der Waals surface area (Å²) in [4.78, 5) is 4.60. The van der Waals surface area contributed by atoms with E-state index in [1.165, 1.54) is 5.56 Å². The fourth-order valence-corrected chi connectivity index (χ4v) is 1.62. The first-order valence-electron chi connectivity index (χ1n) is 5.34. The van der Waals surface area contributed by atoms with Gasteiger partial charge in [-0.2, -0.15) is 0 Å². The van der Waals surface area contributed by atoms with E-state index in [0.717, 1.165) is 24.3 Å². The molecule has 1 aromatic rings. The highest BCUT2D eigenvalue weighted by atomic mass is 14.7. The van der Waals surface area contributed by atoms with E-state index in [-0.39, 0.29) is 0 Å². The van der Waals surface area contributed by atoms with Crippen molar-refractivity contribution in [2.75, 3.05) is 0 Å². The second kappa shape index (κ2) is 4.74. The van der Waals surface area contributed by atoms with Crippen LogP contribution in [0, 0.1) is 0 Å². The highest BCUT2D eigenvalue weighted by molar-refractivity contribution is 5.99. The molecule has 0 atom stereocenters. The minimum absolute atomic E-state index is 1.08. The van der Waals surface area contributed by atoms with Crippen LogP contribution in [0.4, 0.5) is 0 Å². The molecule has 1 aliphatic rings. The average Bonchev–Trinajstić information content (AvgIpc) is 2.31. The topological polar surface area (TPSA) is 12.4 Å². The van der Waals surface area contributed by atoms with E-state index in [1.54, 1.807) is 0 Å². The third-order valence-electron chi connectivity index (χ3n) is 2.46. The summed E-state index contributed by atoms with van der Waals surface area (Å²) < 4.78 is 0. The zero-order valence-electron chi connectivity index (χ0n) is 8.98. The van der Waals surface area contributed by atoms with Crippen LogP contribution < -0.4 is 0 Å². The Balaban J connectivity index is 2.20. The van der Waals surface area contributed by atoms with Crippen LogP contribution in [0.1, 0.15) is 25.3 Å². The van der Waals surface area contributed by atoms with Crippen LogP contribution in [0.3, 0.4) is 0 Å². The summed E-state index contributed by atoms with van der Waals surface area (Å²) in [7, 11) is 0. The first-order valence-corrected chi connectivity index (χ1v) is 5.34. The van der Waals surface area contributed by atoms with Crippen molar-refractivity contribution in [2.24, 2.45) is 4.99 Å². The van der Waals surface area contributed by atoms with Crippen LogP contribution in [-0.2, 0) is 0 Å². The van der Waals surface area contributed by atoms with Crippen LogP contribution >= 0.6 is 0 Å². The van der Waals surface area contributed by atoms with Crippen LogP contribution in [0.25, 0.3) is 0 Å². The van der Waals surface area contributed by atoms with E-state index in [2.05, 4.69) is 42.3 Å². The van der Waals surface area contributed by atoms with Gasteiger partial charge in [0.25, 0.3) is 0 Å². The van der Waals surface area contributed by atoms with Gasteiger partial charge >= 0.3 is 0 Å². The molecule has 0 aliphatic heterocycles. The number of hydrogen-bond donors (Lipinski definition) is 0. The van der Waals surface area contributed by atoms with Crippen molar-refractivity contribution in [3.63, 3.8) is 0 Å². The normalized spacial score (nSPS) is 16.3. The molecule has 0 aromatic heterocycles. The highest BCUT2D eigenvalue weighted by Gasteiger charge is 1.98.